The number of pyridine rings is 1. The first-order chi connectivity index (χ1) is 8.31. The lowest BCUT2D eigenvalue weighted by atomic mass is 10.2. The maximum atomic E-state index is 11.8. The highest BCUT2D eigenvalue weighted by atomic mass is 16.1. The van der Waals surface area contributed by atoms with Gasteiger partial charge in [-0.05, 0) is 18.2 Å². The molecule has 2 aromatic heterocycles. The summed E-state index contributed by atoms with van der Waals surface area (Å²) in [5.74, 6) is -0.200. The Morgan fingerprint density at radius 1 is 1.18 bits per heavy atom. The van der Waals surface area contributed by atoms with Crippen LogP contribution < -0.4 is 5.32 Å². The first kappa shape index (κ1) is 10.8. The van der Waals surface area contributed by atoms with Crippen molar-refractivity contribution < 1.29 is 4.79 Å². The number of anilines is 1. The summed E-state index contributed by atoms with van der Waals surface area (Å²) in [6, 6.07) is 4.76. The second-order valence-corrected chi connectivity index (χ2v) is 3.01. The van der Waals surface area contributed by atoms with E-state index in [-0.39, 0.29) is 17.3 Å². The highest BCUT2D eigenvalue weighted by molar-refractivity contribution is 6.06. The van der Waals surface area contributed by atoms with Crippen molar-refractivity contribution in [3.05, 3.63) is 42.4 Å². The molecule has 7 heteroatoms. The summed E-state index contributed by atoms with van der Waals surface area (Å²) in [6.07, 6.45) is 4.49. The highest BCUT2D eigenvalue weighted by Gasteiger charge is 2.12. The molecule has 7 nitrogen and oxygen atoms in total. The molecular formula is C10H8N6O. The smallest absolute Gasteiger partial charge is 0.261 e. The second kappa shape index (κ2) is 4.88. The first-order valence-corrected chi connectivity index (χ1v) is 4.72. The molecule has 0 aliphatic carbocycles. The number of hydrogen-bond acceptors (Lipinski definition) is 6. The van der Waals surface area contributed by atoms with Crippen molar-refractivity contribution in [3.8, 4) is 0 Å². The van der Waals surface area contributed by atoms with Gasteiger partial charge in [0.05, 0.1) is 5.56 Å². The zero-order chi connectivity index (χ0) is 12.1. The molecule has 0 bridgehead atoms. The van der Waals surface area contributed by atoms with Crippen molar-refractivity contribution in [1.82, 2.24) is 15.0 Å². The molecule has 0 aliphatic heterocycles. The maximum absolute atomic E-state index is 11.8. The molecule has 2 aromatic rings. The van der Waals surface area contributed by atoms with E-state index in [1.807, 2.05) is 0 Å². The van der Waals surface area contributed by atoms with Gasteiger partial charge in [-0.1, -0.05) is 0 Å². The Kier molecular flexibility index (Phi) is 3.10. The Balaban J connectivity index is 2.23. The van der Waals surface area contributed by atoms with E-state index in [2.05, 4.69) is 25.4 Å². The molecule has 0 spiro atoms. The lowest BCUT2D eigenvalue weighted by molar-refractivity contribution is 0.102. The van der Waals surface area contributed by atoms with Gasteiger partial charge in [-0.2, -0.15) is 0 Å². The maximum Gasteiger partial charge on any atom is 0.261 e. The molecule has 0 aliphatic rings. The Morgan fingerprint density at radius 2 is 1.88 bits per heavy atom. The largest absolute Gasteiger partial charge is 0.290 e. The number of nitrogens with one attached hydrogen (secondary N) is 2. The summed E-state index contributed by atoms with van der Waals surface area (Å²) in [5, 5.41) is 5.66. The summed E-state index contributed by atoms with van der Waals surface area (Å²) in [6.45, 7) is 0. The molecule has 0 radical (unpaired) electrons. The van der Waals surface area contributed by atoms with Crippen LogP contribution in [-0.2, 0) is 0 Å². The van der Waals surface area contributed by atoms with Gasteiger partial charge in [0.1, 0.15) is 0 Å². The predicted molar refractivity (Wildman–Crippen MR) is 59.0 cm³/mol. The molecule has 0 saturated carbocycles. The van der Waals surface area contributed by atoms with E-state index in [4.69, 9.17) is 5.53 Å². The minimum atomic E-state index is -0.449. The van der Waals surface area contributed by atoms with E-state index in [1.54, 1.807) is 12.1 Å². The van der Waals surface area contributed by atoms with Crippen molar-refractivity contribution >= 4 is 17.7 Å². The third kappa shape index (κ3) is 2.46. The fraction of sp³-hybridized carbons (Fsp3) is 0. The third-order valence-corrected chi connectivity index (χ3v) is 1.93. The number of nitrogens with zero attached hydrogens (tertiary/aromatic N) is 4. The summed E-state index contributed by atoms with van der Waals surface area (Å²) < 4.78 is 0. The van der Waals surface area contributed by atoms with Crippen LogP contribution in [0, 0.1) is 5.53 Å². The Bertz CT molecular complexity index is 542. The van der Waals surface area contributed by atoms with Gasteiger partial charge < -0.3 is 0 Å². The molecule has 2 rings (SSSR count). The highest BCUT2D eigenvalue weighted by Crippen LogP contribution is 2.15. The third-order valence-electron chi connectivity index (χ3n) is 1.93. The van der Waals surface area contributed by atoms with Gasteiger partial charge in [0.15, 0.2) is 5.82 Å². The van der Waals surface area contributed by atoms with E-state index in [1.165, 1.54) is 24.7 Å². The Labute approximate surface area is 96.5 Å². The molecule has 2 N–H and O–H groups in total. The quantitative estimate of drug-likeness (QED) is 0.781. The van der Waals surface area contributed by atoms with Crippen LogP contribution in [0.25, 0.3) is 0 Å². The fourth-order valence-electron chi connectivity index (χ4n) is 1.20. The minimum absolute atomic E-state index is 0.0564. The van der Waals surface area contributed by atoms with Gasteiger partial charge in [-0.25, -0.2) is 20.5 Å². The molecule has 1 amide bonds. The molecule has 84 valence electrons. The van der Waals surface area contributed by atoms with Crippen molar-refractivity contribution in [1.29, 1.82) is 5.53 Å². The van der Waals surface area contributed by atoms with Crippen LogP contribution in [0.2, 0.25) is 0 Å². The molecule has 0 saturated heterocycles. The summed E-state index contributed by atoms with van der Waals surface area (Å²) in [4.78, 5) is 23.3. The lowest BCUT2D eigenvalue weighted by Crippen LogP contribution is -2.14. The number of rotatable bonds is 3. The van der Waals surface area contributed by atoms with E-state index in [0.717, 1.165) is 0 Å². The van der Waals surface area contributed by atoms with Gasteiger partial charge >= 0.3 is 0 Å². The first-order valence-electron chi connectivity index (χ1n) is 4.72. The number of hydrogen-bond donors (Lipinski definition) is 2. The van der Waals surface area contributed by atoms with Gasteiger partial charge in [-0.3, -0.25) is 10.1 Å². The van der Waals surface area contributed by atoms with Crippen LogP contribution in [0.1, 0.15) is 10.4 Å². The van der Waals surface area contributed by atoms with Crippen molar-refractivity contribution in [3.63, 3.8) is 0 Å². The predicted octanol–water partition coefficient (Wildman–Crippen LogP) is 1.79. The van der Waals surface area contributed by atoms with E-state index in [0.29, 0.717) is 0 Å². The van der Waals surface area contributed by atoms with Crippen LogP contribution in [0.4, 0.5) is 11.8 Å². The minimum Gasteiger partial charge on any atom is -0.290 e. The van der Waals surface area contributed by atoms with Crippen LogP contribution in [0.15, 0.2) is 41.9 Å². The summed E-state index contributed by atoms with van der Waals surface area (Å²) >= 11 is 0. The second-order valence-electron chi connectivity index (χ2n) is 3.01. The fourth-order valence-corrected chi connectivity index (χ4v) is 1.20. The lowest BCUT2D eigenvalue weighted by Gasteiger charge is -2.03. The Morgan fingerprint density at radius 3 is 2.59 bits per heavy atom. The number of carbonyl (C=O) groups is 1. The van der Waals surface area contributed by atoms with Crippen molar-refractivity contribution in [2.24, 2.45) is 5.11 Å². The van der Waals surface area contributed by atoms with Crippen LogP contribution in [0.5, 0.6) is 0 Å². The molecule has 17 heavy (non-hydrogen) atoms. The topological polar surface area (TPSA) is 104 Å². The Hall–Kier alpha value is -2.70. The monoisotopic (exact) mass is 228 g/mol. The van der Waals surface area contributed by atoms with Crippen molar-refractivity contribution in [2.75, 3.05) is 5.32 Å². The van der Waals surface area contributed by atoms with E-state index in [9.17, 15) is 4.79 Å². The standard InChI is InChI=1S/C10H8N6O/c11-16-8-7(3-1-4-12-8)9(17)15-10-13-5-2-6-14-10/h1-6,11H,(H,13,14,15,17). The number of amides is 1. The molecule has 0 atom stereocenters. The summed E-state index contributed by atoms with van der Waals surface area (Å²) in [7, 11) is 0. The summed E-state index contributed by atoms with van der Waals surface area (Å²) in [5.41, 5.74) is 7.11. The van der Waals surface area contributed by atoms with E-state index < -0.39 is 5.91 Å². The normalized spacial score (nSPS) is 9.65. The van der Waals surface area contributed by atoms with Crippen molar-refractivity contribution in [2.45, 2.75) is 0 Å². The molecular weight excluding hydrogens is 220 g/mol. The zero-order valence-electron chi connectivity index (χ0n) is 8.66. The van der Waals surface area contributed by atoms with Gasteiger partial charge in [-0.15, -0.1) is 5.11 Å². The average Bonchev–Trinajstić information content (AvgIpc) is 2.40. The van der Waals surface area contributed by atoms with Crippen LogP contribution in [-0.4, -0.2) is 20.9 Å². The zero-order valence-corrected chi connectivity index (χ0v) is 8.66. The van der Waals surface area contributed by atoms with E-state index >= 15 is 0 Å². The SMILES string of the molecule is N=Nc1ncccc1C(=O)Nc1ncccn1. The van der Waals surface area contributed by atoms with Crippen LogP contribution >= 0.6 is 0 Å². The van der Waals surface area contributed by atoms with Gasteiger partial charge in [0.2, 0.25) is 5.95 Å². The number of carbonyl (C=O) groups excluding carboxylic acids is 1. The molecule has 0 unspecified atom stereocenters. The number of aromatic nitrogens is 3. The van der Waals surface area contributed by atoms with Crippen LogP contribution in [0.3, 0.4) is 0 Å². The average molecular weight is 228 g/mol. The molecule has 0 fully saturated rings. The van der Waals surface area contributed by atoms with Gasteiger partial charge in [0.25, 0.3) is 5.91 Å². The molecule has 2 heterocycles. The molecule has 0 aromatic carbocycles. The van der Waals surface area contributed by atoms with Gasteiger partial charge in [0, 0.05) is 18.6 Å².